The smallest absolute Gasteiger partial charge is 0.223 e. The number of hydrogen-bond donors (Lipinski definition) is 4. The van der Waals surface area contributed by atoms with E-state index in [0.717, 1.165) is 0 Å². The van der Waals surface area contributed by atoms with Crippen LogP contribution in [0.25, 0.3) is 0 Å². The second-order valence-electron chi connectivity index (χ2n) is 4.46. The first kappa shape index (κ1) is 17.1. The Labute approximate surface area is 109 Å². The van der Waals surface area contributed by atoms with Gasteiger partial charge < -0.3 is 20.6 Å². The minimum atomic E-state index is -1.01. The highest BCUT2D eigenvalue weighted by Crippen LogP contribution is 2.04. The topological polar surface area (TPSA) is 89.8 Å². The predicted octanol–water partition coefficient (Wildman–Crippen LogP) is 0.198. The number of rotatable bonds is 8. The van der Waals surface area contributed by atoms with Crippen molar-refractivity contribution in [3.05, 3.63) is 12.2 Å². The summed E-state index contributed by atoms with van der Waals surface area (Å²) in [5, 5.41) is 30.8. The molecular formula is C13H25NO4. The standard InChI is InChI=1S/C13H25NO4/c1-4-9(3)13(18)14-11(8-15)12(17)7-6-10(16)5-2/h6-7,9-12,15-17H,4-5,8H2,1-3H3,(H,14,18). The maximum Gasteiger partial charge on any atom is 0.223 e. The fourth-order valence-corrected chi connectivity index (χ4v) is 1.26. The van der Waals surface area contributed by atoms with Gasteiger partial charge in [0.1, 0.15) is 0 Å². The summed E-state index contributed by atoms with van der Waals surface area (Å²) in [6.07, 6.45) is 2.47. The largest absolute Gasteiger partial charge is 0.394 e. The minimum absolute atomic E-state index is 0.156. The van der Waals surface area contributed by atoms with Gasteiger partial charge in [-0.15, -0.1) is 0 Å². The molecule has 0 aliphatic rings. The van der Waals surface area contributed by atoms with E-state index in [2.05, 4.69) is 5.32 Å². The first-order chi connectivity index (χ1) is 8.46. The Morgan fingerprint density at radius 3 is 2.28 bits per heavy atom. The maximum atomic E-state index is 11.6. The van der Waals surface area contributed by atoms with Gasteiger partial charge in [0.05, 0.1) is 24.9 Å². The fourth-order valence-electron chi connectivity index (χ4n) is 1.26. The second kappa shape index (κ2) is 9.08. The maximum absolute atomic E-state index is 11.6. The van der Waals surface area contributed by atoms with Crippen molar-refractivity contribution in [2.75, 3.05) is 6.61 Å². The molecule has 0 saturated heterocycles. The van der Waals surface area contributed by atoms with Crippen LogP contribution in [-0.4, -0.2) is 46.1 Å². The van der Waals surface area contributed by atoms with Gasteiger partial charge in [-0.2, -0.15) is 0 Å². The Bertz CT molecular complexity index is 268. The van der Waals surface area contributed by atoms with Crippen LogP contribution in [0.1, 0.15) is 33.6 Å². The lowest BCUT2D eigenvalue weighted by Gasteiger charge is -2.21. The molecule has 18 heavy (non-hydrogen) atoms. The summed E-state index contributed by atoms with van der Waals surface area (Å²) in [5.74, 6) is -0.350. The zero-order valence-electron chi connectivity index (χ0n) is 11.3. The van der Waals surface area contributed by atoms with E-state index >= 15 is 0 Å². The van der Waals surface area contributed by atoms with E-state index in [1.54, 1.807) is 6.92 Å². The molecule has 0 aromatic heterocycles. The van der Waals surface area contributed by atoms with Crippen LogP contribution in [0.4, 0.5) is 0 Å². The van der Waals surface area contributed by atoms with Crippen LogP contribution in [0, 0.1) is 5.92 Å². The van der Waals surface area contributed by atoms with E-state index in [1.165, 1.54) is 12.2 Å². The van der Waals surface area contributed by atoms with Crippen molar-refractivity contribution in [1.29, 1.82) is 0 Å². The third-order valence-electron chi connectivity index (χ3n) is 2.95. The first-order valence-electron chi connectivity index (χ1n) is 6.41. The molecule has 5 heteroatoms. The van der Waals surface area contributed by atoms with E-state index in [9.17, 15) is 15.0 Å². The Morgan fingerprint density at radius 1 is 1.22 bits per heavy atom. The van der Waals surface area contributed by atoms with Crippen molar-refractivity contribution in [3.63, 3.8) is 0 Å². The molecule has 0 rings (SSSR count). The second-order valence-corrected chi connectivity index (χ2v) is 4.46. The van der Waals surface area contributed by atoms with Crippen LogP contribution < -0.4 is 5.32 Å². The van der Waals surface area contributed by atoms with E-state index in [1.807, 2.05) is 13.8 Å². The van der Waals surface area contributed by atoms with Crippen molar-refractivity contribution in [2.45, 2.75) is 51.9 Å². The number of carbonyl (C=O) groups excluding carboxylic acids is 1. The minimum Gasteiger partial charge on any atom is -0.394 e. The molecule has 0 aliphatic carbocycles. The summed E-state index contributed by atoms with van der Waals surface area (Å²) in [4.78, 5) is 11.6. The molecular weight excluding hydrogens is 234 g/mol. The van der Waals surface area contributed by atoms with Crippen molar-refractivity contribution in [1.82, 2.24) is 5.32 Å². The quantitative estimate of drug-likeness (QED) is 0.469. The first-order valence-corrected chi connectivity index (χ1v) is 6.41. The van der Waals surface area contributed by atoms with Crippen molar-refractivity contribution in [3.8, 4) is 0 Å². The molecule has 0 aromatic rings. The van der Waals surface area contributed by atoms with Crippen molar-refractivity contribution >= 4 is 5.91 Å². The molecule has 0 aromatic carbocycles. The predicted molar refractivity (Wildman–Crippen MR) is 69.9 cm³/mol. The van der Waals surface area contributed by atoms with Gasteiger partial charge in [0.15, 0.2) is 0 Å². The highest BCUT2D eigenvalue weighted by molar-refractivity contribution is 5.78. The van der Waals surface area contributed by atoms with Gasteiger partial charge in [-0.1, -0.05) is 32.9 Å². The van der Waals surface area contributed by atoms with E-state index in [0.29, 0.717) is 12.8 Å². The molecule has 106 valence electrons. The molecule has 5 nitrogen and oxygen atoms in total. The van der Waals surface area contributed by atoms with Gasteiger partial charge in [-0.3, -0.25) is 4.79 Å². The van der Waals surface area contributed by atoms with Crippen LogP contribution in [-0.2, 0) is 4.79 Å². The number of aliphatic hydroxyl groups is 3. The van der Waals surface area contributed by atoms with Crippen LogP contribution in [0.15, 0.2) is 12.2 Å². The lowest BCUT2D eigenvalue weighted by molar-refractivity contribution is -0.126. The molecule has 4 N–H and O–H groups in total. The summed E-state index contributed by atoms with van der Waals surface area (Å²) >= 11 is 0. The monoisotopic (exact) mass is 259 g/mol. The highest BCUT2D eigenvalue weighted by Gasteiger charge is 2.20. The molecule has 4 atom stereocenters. The molecule has 0 radical (unpaired) electrons. The number of hydrogen-bond acceptors (Lipinski definition) is 4. The zero-order valence-corrected chi connectivity index (χ0v) is 11.3. The molecule has 0 bridgehead atoms. The third-order valence-corrected chi connectivity index (χ3v) is 2.95. The average Bonchev–Trinajstić information content (AvgIpc) is 2.40. The average molecular weight is 259 g/mol. The SMILES string of the molecule is CCC(O)C=CC(O)C(CO)NC(=O)C(C)CC. The summed E-state index contributed by atoms with van der Waals surface area (Å²) < 4.78 is 0. The zero-order chi connectivity index (χ0) is 14.1. The molecule has 0 heterocycles. The van der Waals surface area contributed by atoms with Crippen molar-refractivity contribution in [2.24, 2.45) is 5.92 Å². The normalized spacial score (nSPS) is 18.3. The third kappa shape index (κ3) is 6.14. The van der Waals surface area contributed by atoms with Crippen LogP contribution >= 0.6 is 0 Å². The Balaban J connectivity index is 4.40. The molecule has 1 amide bonds. The van der Waals surface area contributed by atoms with Gasteiger partial charge >= 0.3 is 0 Å². The molecule has 0 aliphatic heterocycles. The Hall–Kier alpha value is -0.910. The van der Waals surface area contributed by atoms with Gasteiger partial charge in [0.25, 0.3) is 0 Å². The number of nitrogens with one attached hydrogen (secondary N) is 1. The Morgan fingerprint density at radius 2 is 1.83 bits per heavy atom. The number of aliphatic hydroxyl groups excluding tert-OH is 3. The van der Waals surface area contributed by atoms with Crippen LogP contribution in [0.5, 0.6) is 0 Å². The Kier molecular flexibility index (Phi) is 8.62. The van der Waals surface area contributed by atoms with Crippen LogP contribution in [0.3, 0.4) is 0 Å². The van der Waals surface area contributed by atoms with Gasteiger partial charge in [-0.05, 0) is 12.8 Å². The lowest BCUT2D eigenvalue weighted by atomic mass is 10.1. The lowest BCUT2D eigenvalue weighted by Crippen LogP contribution is -2.46. The highest BCUT2D eigenvalue weighted by atomic mass is 16.3. The van der Waals surface area contributed by atoms with Gasteiger partial charge in [0, 0.05) is 5.92 Å². The number of amides is 1. The molecule has 0 fully saturated rings. The van der Waals surface area contributed by atoms with E-state index < -0.39 is 18.2 Å². The molecule has 0 saturated carbocycles. The van der Waals surface area contributed by atoms with E-state index in [4.69, 9.17) is 5.11 Å². The van der Waals surface area contributed by atoms with Crippen molar-refractivity contribution < 1.29 is 20.1 Å². The van der Waals surface area contributed by atoms with Gasteiger partial charge in [0.2, 0.25) is 5.91 Å². The summed E-state index contributed by atoms with van der Waals surface area (Å²) in [7, 11) is 0. The van der Waals surface area contributed by atoms with E-state index in [-0.39, 0.29) is 18.4 Å². The van der Waals surface area contributed by atoms with Gasteiger partial charge in [-0.25, -0.2) is 0 Å². The summed E-state index contributed by atoms with van der Waals surface area (Å²) in [6.45, 7) is 5.14. The molecule has 0 spiro atoms. The fraction of sp³-hybridized carbons (Fsp3) is 0.769. The summed E-state index contributed by atoms with van der Waals surface area (Å²) in [5.41, 5.74) is 0. The van der Waals surface area contributed by atoms with Crippen LogP contribution in [0.2, 0.25) is 0 Å². The number of carbonyl (C=O) groups is 1. The molecule has 4 unspecified atom stereocenters. The summed E-state index contributed by atoms with van der Waals surface area (Å²) in [6, 6.07) is -0.744.